The molecule has 14 heavy (non-hydrogen) atoms. The summed E-state index contributed by atoms with van der Waals surface area (Å²) >= 11 is 0. The van der Waals surface area contributed by atoms with E-state index in [-0.39, 0.29) is 12.2 Å². The van der Waals surface area contributed by atoms with E-state index < -0.39 is 11.9 Å². The minimum atomic E-state index is -0.532. The van der Waals surface area contributed by atoms with Crippen LogP contribution in [-0.4, -0.2) is 19.0 Å². The summed E-state index contributed by atoms with van der Waals surface area (Å²) in [5.41, 5.74) is 4.96. The van der Waals surface area contributed by atoms with Gasteiger partial charge in [-0.1, -0.05) is 0 Å². The third kappa shape index (κ3) is 2.62. The molecule has 0 fully saturated rings. The maximum atomic E-state index is 11.0. The fourth-order valence-electron chi connectivity index (χ4n) is 0.969. The summed E-state index contributed by atoms with van der Waals surface area (Å²) in [6, 6.07) is 3.12. The van der Waals surface area contributed by atoms with E-state index in [1.54, 1.807) is 6.07 Å². The van der Waals surface area contributed by atoms with Crippen LogP contribution >= 0.6 is 0 Å². The van der Waals surface area contributed by atoms with Crippen LogP contribution in [0.1, 0.15) is 22.7 Å². The van der Waals surface area contributed by atoms with E-state index in [0.717, 1.165) is 0 Å². The van der Waals surface area contributed by atoms with Crippen LogP contribution in [0.15, 0.2) is 16.5 Å². The number of nitrogens with two attached hydrogens (primary N) is 1. The molecule has 2 N–H and O–H groups in total. The predicted molar refractivity (Wildman–Crippen MR) is 47.6 cm³/mol. The normalized spacial score (nSPS) is 9.79. The van der Waals surface area contributed by atoms with Gasteiger partial charge in [-0.3, -0.25) is 4.79 Å². The number of rotatable bonds is 4. The van der Waals surface area contributed by atoms with E-state index in [4.69, 9.17) is 10.2 Å². The van der Waals surface area contributed by atoms with Gasteiger partial charge in [0.1, 0.15) is 5.76 Å². The third-order valence-electron chi connectivity index (χ3n) is 1.67. The first-order valence-electron chi connectivity index (χ1n) is 4.09. The average molecular weight is 197 g/mol. The zero-order valence-electron chi connectivity index (χ0n) is 7.78. The first kappa shape index (κ1) is 10.3. The van der Waals surface area contributed by atoms with E-state index in [0.29, 0.717) is 12.2 Å². The second kappa shape index (κ2) is 4.45. The van der Waals surface area contributed by atoms with Crippen LogP contribution in [-0.2, 0) is 16.0 Å². The number of primary amides is 1. The van der Waals surface area contributed by atoms with E-state index in [1.807, 2.05) is 0 Å². The van der Waals surface area contributed by atoms with Gasteiger partial charge in [0.2, 0.25) is 11.7 Å². The Hall–Kier alpha value is -1.78. The fraction of sp³-hybridized carbons (Fsp3) is 0.333. The van der Waals surface area contributed by atoms with Gasteiger partial charge in [0.25, 0.3) is 0 Å². The summed E-state index contributed by atoms with van der Waals surface area (Å²) in [7, 11) is 1.27. The number of hydrogen-bond acceptors (Lipinski definition) is 4. The lowest BCUT2D eigenvalue weighted by molar-refractivity contribution is -0.118. The zero-order chi connectivity index (χ0) is 10.6. The summed E-state index contributed by atoms with van der Waals surface area (Å²) in [5.74, 6) is -0.257. The van der Waals surface area contributed by atoms with Gasteiger partial charge in [-0.05, 0) is 12.1 Å². The number of carbonyl (C=O) groups is 2. The van der Waals surface area contributed by atoms with Crippen molar-refractivity contribution in [3.63, 3.8) is 0 Å². The van der Waals surface area contributed by atoms with Crippen molar-refractivity contribution in [3.8, 4) is 0 Å². The van der Waals surface area contributed by atoms with Crippen LogP contribution in [0.2, 0.25) is 0 Å². The summed E-state index contributed by atoms with van der Waals surface area (Å²) in [6.07, 6.45) is 0.598. The summed E-state index contributed by atoms with van der Waals surface area (Å²) < 4.78 is 9.56. The van der Waals surface area contributed by atoms with Gasteiger partial charge in [-0.25, -0.2) is 4.79 Å². The van der Waals surface area contributed by atoms with Crippen LogP contribution in [0.5, 0.6) is 0 Å². The molecule has 0 saturated carbocycles. The number of hydrogen-bond donors (Lipinski definition) is 1. The molecular formula is C9H11NO4. The molecule has 1 rings (SSSR count). The number of amides is 1. The molecule has 0 aliphatic heterocycles. The van der Waals surface area contributed by atoms with Crippen molar-refractivity contribution in [1.29, 1.82) is 0 Å². The highest BCUT2D eigenvalue weighted by Crippen LogP contribution is 2.10. The highest BCUT2D eigenvalue weighted by Gasteiger charge is 2.11. The number of carbonyl (C=O) groups excluding carboxylic acids is 2. The Bertz CT molecular complexity index is 342. The summed E-state index contributed by atoms with van der Waals surface area (Å²) in [6.45, 7) is 0. The van der Waals surface area contributed by atoms with Gasteiger partial charge < -0.3 is 14.9 Å². The molecule has 0 radical (unpaired) electrons. The molecule has 0 spiro atoms. The van der Waals surface area contributed by atoms with Gasteiger partial charge >= 0.3 is 5.97 Å². The maximum Gasteiger partial charge on any atom is 0.373 e. The Kier molecular flexibility index (Phi) is 3.28. The van der Waals surface area contributed by atoms with Crippen molar-refractivity contribution in [2.75, 3.05) is 7.11 Å². The minimum Gasteiger partial charge on any atom is -0.463 e. The van der Waals surface area contributed by atoms with Crippen LogP contribution in [0.3, 0.4) is 0 Å². The van der Waals surface area contributed by atoms with E-state index in [9.17, 15) is 9.59 Å². The van der Waals surface area contributed by atoms with Crippen LogP contribution in [0.4, 0.5) is 0 Å². The minimum absolute atomic E-state index is 0.131. The van der Waals surface area contributed by atoms with E-state index in [2.05, 4.69) is 4.74 Å². The van der Waals surface area contributed by atoms with Crippen LogP contribution < -0.4 is 5.73 Å². The molecular weight excluding hydrogens is 186 g/mol. The fourth-order valence-corrected chi connectivity index (χ4v) is 0.969. The second-order valence-electron chi connectivity index (χ2n) is 2.72. The van der Waals surface area contributed by atoms with E-state index in [1.165, 1.54) is 13.2 Å². The summed E-state index contributed by atoms with van der Waals surface area (Å²) in [5, 5.41) is 0. The van der Waals surface area contributed by atoms with Gasteiger partial charge in [0, 0.05) is 12.8 Å². The molecule has 0 atom stereocenters. The molecule has 0 aromatic carbocycles. The maximum absolute atomic E-state index is 11.0. The third-order valence-corrected chi connectivity index (χ3v) is 1.67. The molecule has 0 unspecified atom stereocenters. The summed E-state index contributed by atoms with van der Waals surface area (Å²) in [4.78, 5) is 21.4. The molecule has 1 aromatic heterocycles. The zero-order valence-corrected chi connectivity index (χ0v) is 7.78. The Labute approximate surface area is 80.8 Å². The van der Waals surface area contributed by atoms with Gasteiger partial charge in [0.15, 0.2) is 0 Å². The predicted octanol–water partition coefficient (Wildman–Crippen LogP) is 0.484. The number of ether oxygens (including phenoxy) is 1. The Morgan fingerprint density at radius 2 is 2.21 bits per heavy atom. The van der Waals surface area contributed by atoms with Crippen LogP contribution in [0.25, 0.3) is 0 Å². The molecule has 0 saturated heterocycles. The Morgan fingerprint density at radius 3 is 2.79 bits per heavy atom. The standard InChI is InChI=1S/C9H11NO4/c1-13-9(12)7-4-2-6(14-7)3-5-8(10)11/h2,4H,3,5H2,1H3,(H2,10,11). The average Bonchev–Trinajstić information content (AvgIpc) is 2.62. The second-order valence-corrected chi connectivity index (χ2v) is 2.72. The lowest BCUT2D eigenvalue weighted by Gasteiger charge is -1.94. The van der Waals surface area contributed by atoms with Crippen molar-refractivity contribution < 1.29 is 18.7 Å². The Balaban J connectivity index is 2.59. The highest BCUT2D eigenvalue weighted by molar-refractivity contribution is 5.86. The molecule has 0 bridgehead atoms. The first-order chi connectivity index (χ1) is 6.63. The number of furan rings is 1. The smallest absolute Gasteiger partial charge is 0.373 e. The number of methoxy groups -OCH3 is 1. The first-order valence-corrected chi connectivity index (χ1v) is 4.09. The van der Waals surface area contributed by atoms with Gasteiger partial charge in [-0.2, -0.15) is 0 Å². The quantitative estimate of drug-likeness (QED) is 0.712. The molecule has 1 aromatic rings. The van der Waals surface area contributed by atoms with Crippen molar-refractivity contribution >= 4 is 11.9 Å². The number of esters is 1. The van der Waals surface area contributed by atoms with E-state index >= 15 is 0 Å². The van der Waals surface area contributed by atoms with Crippen molar-refractivity contribution in [2.24, 2.45) is 5.73 Å². The lowest BCUT2D eigenvalue weighted by atomic mass is 10.2. The topological polar surface area (TPSA) is 82.5 Å². The molecule has 0 aliphatic rings. The van der Waals surface area contributed by atoms with Gasteiger partial charge in [0.05, 0.1) is 7.11 Å². The lowest BCUT2D eigenvalue weighted by Crippen LogP contribution is -2.10. The molecule has 76 valence electrons. The largest absolute Gasteiger partial charge is 0.463 e. The van der Waals surface area contributed by atoms with Crippen LogP contribution in [0, 0.1) is 0 Å². The molecule has 1 amide bonds. The highest BCUT2D eigenvalue weighted by atomic mass is 16.5. The SMILES string of the molecule is COC(=O)c1ccc(CCC(N)=O)o1. The molecule has 5 nitrogen and oxygen atoms in total. The molecule has 0 aliphatic carbocycles. The van der Waals surface area contributed by atoms with Crippen molar-refractivity contribution in [3.05, 3.63) is 23.7 Å². The van der Waals surface area contributed by atoms with Crippen molar-refractivity contribution in [1.82, 2.24) is 0 Å². The molecule has 1 heterocycles. The Morgan fingerprint density at radius 1 is 1.50 bits per heavy atom. The molecule has 5 heteroatoms. The van der Waals surface area contributed by atoms with Gasteiger partial charge in [-0.15, -0.1) is 0 Å². The van der Waals surface area contributed by atoms with Crippen molar-refractivity contribution in [2.45, 2.75) is 12.8 Å². The number of aryl methyl sites for hydroxylation is 1. The monoisotopic (exact) mass is 197 g/mol.